The van der Waals surface area contributed by atoms with Crippen LogP contribution in [0.5, 0.6) is 0 Å². The van der Waals surface area contributed by atoms with Gasteiger partial charge in [0.15, 0.2) is 0 Å². The average molecular weight is 236 g/mol. The number of hydrogen-bond acceptors (Lipinski definition) is 4. The monoisotopic (exact) mass is 236 g/mol. The number of nitrogens with zero attached hydrogens (tertiary/aromatic N) is 2. The molecule has 0 amide bonds. The highest BCUT2D eigenvalue weighted by molar-refractivity contribution is 8.00. The molecule has 3 nitrogen and oxygen atoms in total. The third kappa shape index (κ3) is 2.42. The van der Waals surface area contributed by atoms with Crippen LogP contribution in [0, 0.1) is 11.3 Å². The lowest BCUT2D eigenvalue weighted by Crippen LogP contribution is -2.41. The van der Waals surface area contributed by atoms with Gasteiger partial charge in [-0.05, 0) is 31.2 Å². The van der Waals surface area contributed by atoms with Gasteiger partial charge in [0.25, 0.3) is 0 Å². The van der Waals surface area contributed by atoms with Crippen molar-refractivity contribution in [3.05, 3.63) is 24.2 Å². The van der Waals surface area contributed by atoms with E-state index in [4.69, 9.17) is 4.42 Å². The van der Waals surface area contributed by atoms with E-state index in [2.05, 4.69) is 11.0 Å². The molecule has 0 spiro atoms. The van der Waals surface area contributed by atoms with Crippen molar-refractivity contribution < 1.29 is 4.42 Å². The second-order valence-corrected chi connectivity index (χ2v) is 5.36. The molecular formula is C12H16N2OS. The molecule has 0 atom stereocenters. The largest absolute Gasteiger partial charge is 0.468 e. The van der Waals surface area contributed by atoms with Crippen molar-refractivity contribution in [2.24, 2.45) is 0 Å². The number of hydrogen-bond donors (Lipinski definition) is 0. The molecule has 1 aromatic heterocycles. The molecule has 0 saturated carbocycles. The third-order valence-corrected chi connectivity index (χ3v) is 4.50. The Morgan fingerprint density at radius 3 is 2.81 bits per heavy atom. The Morgan fingerprint density at radius 2 is 2.31 bits per heavy atom. The van der Waals surface area contributed by atoms with Crippen molar-refractivity contribution in [3.63, 3.8) is 0 Å². The highest BCUT2D eigenvalue weighted by Gasteiger charge is 2.33. The smallest absolute Gasteiger partial charge is 0.117 e. The zero-order valence-electron chi connectivity index (χ0n) is 9.48. The zero-order valence-corrected chi connectivity index (χ0v) is 10.3. The summed E-state index contributed by atoms with van der Waals surface area (Å²) in [5.41, 5.74) is 0. The van der Waals surface area contributed by atoms with Crippen molar-refractivity contribution >= 4 is 11.8 Å². The van der Waals surface area contributed by atoms with Crippen molar-refractivity contribution in [1.29, 1.82) is 5.26 Å². The van der Waals surface area contributed by atoms with Crippen LogP contribution in [-0.2, 0) is 6.54 Å². The lowest BCUT2D eigenvalue weighted by molar-refractivity contribution is 0.195. The fraction of sp³-hybridized carbons (Fsp3) is 0.583. The lowest BCUT2D eigenvalue weighted by Gasteiger charge is -2.35. The molecule has 1 saturated heterocycles. The molecule has 1 fully saturated rings. The minimum Gasteiger partial charge on any atom is -0.468 e. The Bertz CT molecular complexity index is 361. The van der Waals surface area contributed by atoms with Crippen LogP contribution in [0.2, 0.25) is 0 Å². The molecule has 0 bridgehead atoms. The molecule has 1 aromatic rings. The molecule has 16 heavy (non-hydrogen) atoms. The van der Waals surface area contributed by atoms with Crippen LogP contribution in [0.4, 0.5) is 0 Å². The quantitative estimate of drug-likeness (QED) is 0.808. The topological polar surface area (TPSA) is 40.2 Å². The van der Waals surface area contributed by atoms with E-state index in [1.54, 1.807) is 18.0 Å². The van der Waals surface area contributed by atoms with Gasteiger partial charge in [0, 0.05) is 13.1 Å². The van der Waals surface area contributed by atoms with E-state index < -0.39 is 0 Å². The second kappa shape index (κ2) is 4.94. The highest BCUT2D eigenvalue weighted by Crippen LogP contribution is 2.34. The molecule has 0 aliphatic carbocycles. The minimum atomic E-state index is -0.153. The van der Waals surface area contributed by atoms with E-state index in [1.807, 2.05) is 18.4 Å². The summed E-state index contributed by atoms with van der Waals surface area (Å²) in [7, 11) is 0. The molecule has 4 heteroatoms. The van der Waals surface area contributed by atoms with Gasteiger partial charge in [-0.3, -0.25) is 4.90 Å². The summed E-state index contributed by atoms with van der Waals surface area (Å²) in [6, 6.07) is 6.38. The summed E-state index contributed by atoms with van der Waals surface area (Å²) in [4.78, 5) is 2.35. The first kappa shape index (κ1) is 11.6. The van der Waals surface area contributed by atoms with Crippen LogP contribution in [-0.4, -0.2) is 29.0 Å². The average Bonchev–Trinajstić information content (AvgIpc) is 2.83. The van der Waals surface area contributed by atoms with Gasteiger partial charge in [-0.2, -0.15) is 5.26 Å². The third-order valence-electron chi connectivity index (χ3n) is 3.22. The van der Waals surface area contributed by atoms with Crippen LogP contribution < -0.4 is 0 Å². The standard InChI is InChI=1S/C12H16N2OS/c1-16-12(10-13)4-6-14(7-5-12)9-11-3-2-8-15-11/h2-3,8H,4-7,9H2,1H3. The minimum absolute atomic E-state index is 0.153. The number of piperidine rings is 1. The first-order valence-electron chi connectivity index (χ1n) is 5.49. The summed E-state index contributed by atoms with van der Waals surface area (Å²) in [6.45, 7) is 2.83. The van der Waals surface area contributed by atoms with Crippen LogP contribution in [0.3, 0.4) is 0 Å². The molecule has 0 aromatic carbocycles. The maximum absolute atomic E-state index is 9.18. The van der Waals surface area contributed by atoms with Crippen molar-refractivity contribution in [3.8, 4) is 6.07 Å². The highest BCUT2D eigenvalue weighted by atomic mass is 32.2. The van der Waals surface area contributed by atoms with Crippen molar-refractivity contribution in [2.45, 2.75) is 24.1 Å². The first-order chi connectivity index (χ1) is 7.78. The van der Waals surface area contributed by atoms with Crippen LogP contribution in [0.15, 0.2) is 22.8 Å². The predicted molar refractivity (Wildman–Crippen MR) is 65.1 cm³/mol. The maximum Gasteiger partial charge on any atom is 0.117 e. The van der Waals surface area contributed by atoms with Gasteiger partial charge in [0.2, 0.25) is 0 Å². The van der Waals surface area contributed by atoms with Gasteiger partial charge in [-0.15, -0.1) is 11.8 Å². The maximum atomic E-state index is 9.18. The number of nitriles is 1. The summed E-state index contributed by atoms with van der Waals surface area (Å²) in [5, 5.41) is 9.18. The fourth-order valence-corrected chi connectivity index (χ4v) is 2.74. The van der Waals surface area contributed by atoms with Crippen LogP contribution >= 0.6 is 11.8 Å². The van der Waals surface area contributed by atoms with Gasteiger partial charge in [-0.25, -0.2) is 0 Å². The molecule has 2 heterocycles. The normalized spacial score (nSPS) is 20.5. The summed E-state index contributed by atoms with van der Waals surface area (Å²) in [5.74, 6) is 1.01. The van der Waals surface area contributed by atoms with Gasteiger partial charge in [0.1, 0.15) is 10.5 Å². The van der Waals surface area contributed by atoms with E-state index in [1.165, 1.54) is 0 Å². The van der Waals surface area contributed by atoms with Gasteiger partial charge in [-0.1, -0.05) is 0 Å². The Labute approximate surface area is 100 Å². The zero-order chi connectivity index (χ0) is 11.4. The molecule has 1 aliphatic heterocycles. The van der Waals surface area contributed by atoms with E-state index in [-0.39, 0.29) is 4.75 Å². The number of likely N-dealkylation sites (tertiary alicyclic amines) is 1. The molecule has 0 radical (unpaired) electrons. The van der Waals surface area contributed by atoms with Crippen molar-refractivity contribution in [1.82, 2.24) is 4.90 Å². The SMILES string of the molecule is CSC1(C#N)CCN(Cc2ccco2)CC1. The Hall–Kier alpha value is -0.920. The van der Waals surface area contributed by atoms with E-state index >= 15 is 0 Å². The molecule has 0 unspecified atom stereocenters. The van der Waals surface area contributed by atoms with E-state index in [0.717, 1.165) is 38.2 Å². The molecule has 0 N–H and O–H groups in total. The summed E-state index contributed by atoms with van der Waals surface area (Å²) < 4.78 is 5.18. The fourth-order valence-electron chi connectivity index (χ4n) is 2.06. The van der Waals surface area contributed by atoms with Crippen LogP contribution in [0.1, 0.15) is 18.6 Å². The number of thioether (sulfide) groups is 1. The van der Waals surface area contributed by atoms with Crippen molar-refractivity contribution in [2.75, 3.05) is 19.3 Å². The first-order valence-corrected chi connectivity index (χ1v) is 6.72. The summed E-state index contributed by atoms with van der Waals surface area (Å²) in [6.07, 6.45) is 5.64. The Morgan fingerprint density at radius 1 is 1.56 bits per heavy atom. The molecule has 2 rings (SSSR count). The molecular weight excluding hydrogens is 220 g/mol. The van der Waals surface area contributed by atoms with E-state index in [9.17, 15) is 5.26 Å². The predicted octanol–water partition coefficient (Wildman–Crippen LogP) is 2.50. The Kier molecular flexibility index (Phi) is 3.57. The second-order valence-electron chi connectivity index (χ2n) is 4.17. The van der Waals surface area contributed by atoms with Gasteiger partial charge < -0.3 is 4.42 Å². The number of furan rings is 1. The summed E-state index contributed by atoms with van der Waals surface area (Å²) >= 11 is 1.69. The van der Waals surface area contributed by atoms with E-state index in [0.29, 0.717) is 0 Å². The van der Waals surface area contributed by atoms with Gasteiger partial charge in [0.05, 0.1) is 18.9 Å². The molecule has 1 aliphatic rings. The van der Waals surface area contributed by atoms with Gasteiger partial charge >= 0.3 is 0 Å². The lowest BCUT2D eigenvalue weighted by atomic mass is 9.97. The number of rotatable bonds is 3. The van der Waals surface area contributed by atoms with Crippen LogP contribution in [0.25, 0.3) is 0 Å². The Balaban J connectivity index is 1.88. The molecule has 86 valence electrons.